The predicted octanol–water partition coefficient (Wildman–Crippen LogP) is 6.15. The molecule has 0 fully saturated rings. The molecule has 0 spiro atoms. The fourth-order valence-corrected chi connectivity index (χ4v) is 3.10. The first kappa shape index (κ1) is 21.3. The Hall–Kier alpha value is -3.40. The van der Waals surface area contributed by atoms with Crippen LogP contribution in [0.1, 0.15) is 31.4 Å². The molecule has 0 bridgehead atoms. The van der Waals surface area contributed by atoms with Gasteiger partial charge in [-0.05, 0) is 34.7 Å². The zero-order chi connectivity index (χ0) is 21.0. The summed E-state index contributed by atoms with van der Waals surface area (Å²) in [6.07, 6.45) is 3.99. The lowest BCUT2D eigenvalue weighted by atomic mass is 10.0. The number of hydrogen-bond donors (Lipinski definition) is 1. The Labute approximate surface area is 179 Å². The topological polar surface area (TPSA) is 46.0 Å². The number of nitrogens with one attached hydrogen (secondary N) is 1. The van der Waals surface area contributed by atoms with Gasteiger partial charge < -0.3 is 10.2 Å². The van der Waals surface area contributed by atoms with Gasteiger partial charge in [0.05, 0.1) is 12.2 Å². The zero-order valence-corrected chi connectivity index (χ0v) is 17.7. The number of ether oxygens (including phenoxy) is 1. The highest BCUT2D eigenvalue weighted by molar-refractivity contribution is 5.73. The molecule has 0 aliphatic carbocycles. The number of aliphatic imine (C=N–C) groups is 1. The Bertz CT molecular complexity index is 963. The second-order valence-electron chi connectivity index (χ2n) is 7.04. The number of rotatable bonds is 9. The average Bonchev–Trinajstić information content (AvgIpc) is 2.79. The van der Waals surface area contributed by atoms with Gasteiger partial charge in [-0.1, -0.05) is 86.1 Å². The van der Waals surface area contributed by atoms with E-state index in [1.165, 1.54) is 16.7 Å². The minimum atomic E-state index is 0.491. The van der Waals surface area contributed by atoms with Crippen LogP contribution in [0.25, 0.3) is 11.1 Å². The van der Waals surface area contributed by atoms with Gasteiger partial charge in [-0.25, -0.2) is 0 Å². The number of aryl methyl sites for hydroxylation is 1. The maximum absolute atomic E-state index is 5.73. The molecule has 0 aliphatic rings. The molecular weight excluding hydrogens is 370 g/mol. The summed E-state index contributed by atoms with van der Waals surface area (Å²) >= 11 is 0. The van der Waals surface area contributed by atoms with E-state index in [-0.39, 0.29) is 0 Å². The molecule has 0 saturated carbocycles. The molecule has 3 aromatic rings. The second kappa shape index (κ2) is 11.6. The molecule has 0 saturated heterocycles. The smallest absolute Gasteiger partial charge is 0.202 e. The van der Waals surface area contributed by atoms with Crippen molar-refractivity contribution < 1.29 is 4.74 Å². The van der Waals surface area contributed by atoms with E-state index < -0.39 is 0 Å². The maximum Gasteiger partial charge on any atom is 0.202 e. The Kier molecular flexibility index (Phi) is 8.22. The van der Waals surface area contributed by atoms with Gasteiger partial charge in [0.2, 0.25) is 5.90 Å². The van der Waals surface area contributed by atoms with E-state index in [2.05, 4.69) is 71.0 Å². The van der Waals surface area contributed by atoms with Crippen LogP contribution in [0.4, 0.5) is 5.69 Å². The van der Waals surface area contributed by atoms with Crippen LogP contribution in [0.15, 0.2) is 89.0 Å². The SMILES string of the molecule is CCCc1ccccc1N=CCN/N=C(\C)OCc1ccc(-c2ccccc2)cc1. The molecule has 154 valence electrons. The van der Waals surface area contributed by atoms with Crippen LogP contribution in [0.2, 0.25) is 0 Å². The molecule has 4 heteroatoms. The van der Waals surface area contributed by atoms with Gasteiger partial charge in [0, 0.05) is 13.1 Å². The highest BCUT2D eigenvalue weighted by atomic mass is 16.5. The molecule has 3 rings (SSSR count). The third-order valence-corrected chi connectivity index (χ3v) is 4.67. The van der Waals surface area contributed by atoms with Crippen molar-refractivity contribution in [1.82, 2.24) is 5.43 Å². The first-order valence-corrected chi connectivity index (χ1v) is 10.4. The quantitative estimate of drug-likeness (QED) is 0.203. The van der Waals surface area contributed by atoms with Gasteiger partial charge >= 0.3 is 0 Å². The largest absolute Gasteiger partial charge is 0.475 e. The van der Waals surface area contributed by atoms with Gasteiger partial charge in [-0.2, -0.15) is 0 Å². The van der Waals surface area contributed by atoms with Crippen molar-refractivity contribution in [3.8, 4) is 11.1 Å². The molecule has 30 heavy (non-hydrogen) atoms. The molecule has 0 radical (unpaired) electrons. The van der Waals surface area contributed by atoms with Crippen molar-refractivity contribution in [3.63, 3.8) is 0 Å². The highest BCUT2D eigenvalue weighted by Crippen LogP contribution is 2.20. The molecule has 0 aromatic heterocycles. The summed E-state index contributed by atoms with van der Waals surface area (Å²) in [5.74, 6) is 0.599. The van der Waals surface area contributed by atoms with Crippen LogP contribution in [0.3, 0.4) is 0 Å². The van der Waals surface area contributed by atoms with Crippen LogP contribution >= 0.6 is 0 Å². The van der Waals surface area contributed by atoms with E-state index in [0.29, 0.717) is 19.0 Å². The maximum atomic E-state index is 5.73. The van der Waals surface area contributed by atoms with Gasteiger partial charge in [0.15, 0.2) is 0 Å². The van der Waals surface area contributed by atoms with E-state index >= 15 is 0 Å². The Morgan fingerprint density at radius 3 is 2.37 bits per heavy atom. The van der Waals surface area contributed by atoms with Crippen molar-refractivity contribution in [1.29, 1.82) is 0 Å². The molecule has 3 aromatic carbocycles. The Morgan fingerprint density at radius 2 is 1.60 bits per heavy atom. The summed E-state index contributed by atoms with van der Waals surface area (Å²) in [5.41, 5.74) is 8.81. The molecule has 0 aliphatic heterocycles. The summed E-state index contributed by atoms with van der Waals surface area (Å²) in [4.78, 5) is 4.55. The summed E-state index contributed by atoms with van der Waals surface area (Å²) < 4.78 is 5.73. The molecule has 0 unspecified atom stereocenters. The lowest BCUT2D eigenvalue weighted by Crippen LogP contribution is -2.13. The Balaban J connectivity index is 1.43. The van der Waals surface area contributed by atoms with Crippen molar-refractivity contribution in [3.05, 3.63) is 90.0 Å². The number of hydrogen-bond acceptors (Lipinski definition) is 4. The average molecular weight is 400 g/mol. The summed E-state index contributed by atoms with van der Waals surface area (Å²) in [6, 6.07) is 27.0. The minimum Gasteiger partial charge on any atom is -0.475 e. The van der Waals surface area contributed by atoms with Gasteiger partial charge in [0.25, 0.3) is 0 Å². The molecule has 1 N–H and O–H groups in total. The standard InChI is InChI=1S/C26H29N3O/c1-3-9-25-12-7-8-13-26(25)27-18-19-28-29-21(2)30-20-22-14-16-24(17-15-22)23-10-5-4-6-11-23/h4-8,10-18,28H,3,9,19-20H2,1-2H3/b27-18?,29-21+. The van der Waals surface area contributed by atoms with Crippen molar-refractivity contribution in [2.45, 2.75) is 33.3 Å². The molecule has 0 amide bonds. The van der Waals surface area contributed by atoms with Crippen molar-refractivity contribution in [2.75, 3.05) is 6.54 Å². The third-order valence-electron chi connectivity index (χ3n) is 4.67. The van der Waals surface area contributed by atoms with E-state index in [4.69, 9.17) is 4.74 Å². The molecular formula is C26H29N3O. The van der Waals surface area contributed by atoms with Crippen LogP contribution in [0.5, 0.6) is 0 Å². The van der Waals surface area contributed by atoms with Gasteiger partial charge in [-0.15, -0.1) is 5.10 Å². The lowest BCUT2D eigenvalue weighted by Gasteiger charge is -2.07. The van der Waals surface area contributed by atoms with Crippen molar-refractivity contribution >= 4 is 17.8 Å². The first-order valence-electron chi connectivity index (χ1n) is 10.4. The zero-order valence-electron chi connectivity index (χ0n) is 17.7. The van der Waals surface area contributed by atoms with Crippen LogP contribution in [0, 0.1) is 0 Å². The fraction of sp³-hybridized carbons (Fsp3) is 0.231. The minimum absolute atomic E-state index is 0.491. The molecule has 0 heterocycles. The second-order valence-corrected chi connectivity index (χ2v) is 7.04. The third kappa shape index (κ3) is 6.59. The summed E-state index contributed by atoms with van der Waals surface area (Å²) in [5, 5.41) is 4.25. The molecule has 4 nitrogen and oxygen atoms in total. The lowest BCUT2D eigenvalue weighted by molar-refractivity contribution is 0.287. The van der Waals surface area contributed by atoms with Crippen LogP contribution in [-0.2, 0) is 17.8 Å². The van der Waals surface area contributed by atoms with Crippen LogP contribution < -0.4 is 5.43 Å². The Morgan fingerprint density at radius 1 is 0.900 bits per heavy atom. The summed E-state index contributed by atoms with van der Waals surface area (Å²) in [7, 11) is 0. The number of para-hydroxylation sites is 1. The van der Waals surface area contributed by atoms with Crippen molar-refractivity contribution in [2.24, 2.45) is 10.1 Å². The van der Waals surface area contributed by atoms with E-state index in [0.717, 1.165) is 24.1 Å². The van der Waals surface area contributed by atoms with Gasteiger partial charge in [-0.3, -0.25) is 4.99 Å². The number of hydrazone groups is 1. The monoisotopic (exact) mass is 399 g/mol. The van der Waals surface area contributed by atoms with Crippen LogP contribution in [-0.4, -0.2) is 18.7 Å². The first-order chi connectivity index (χ1) is 14.8. The van der Waals surface area contributed by atoms with Gasteiger partial charge in [0.1, 0.15) is 6.61 Å². The number of nitrogens with zero attached hydrogens (tertiary/aromatic N) is 2. The van der Waals surface area contributed by atoms with E-state index in [1.54, 1.807) is 0 Å². The normalized spacial score (nSPS) is 11.6. The molecule has 0 atom stereocenters. The predicted molar refractivity (Wildman–Crippen MR) is 126 cm³/mol. The number of benzene rings is 3. The fourth-order valence-electron chi connectivity index (χ4n) is 3.10. The summed E-state index contributed by atoms with van der Waals surface area (Å²) in [6.45, 7) is 5.06. The van der Waals surface area contributed by atoms with E-state index in [9.17, 15) is 0 Å². The van der Waals surface area contributed by atoms with E-state index in [1.807, 2.05) is 43.5 Å². The highest BCUT2D eigenvalue weighted by Gasteiger charge is 2.00.